The summed E-state index contributed by atoms with van der Waals surface area (Å²) < 4.78 is 27.9. The van der Waals surface area contributed by atoms with Crippen molar-refractivity contribution in [1.29, 1.82) is 0 Å². The van der Waals surface area contributed by atoms with E-state index in [2.05, 4.69) is 9.97 Å². The van der Waals surface area contributed by atoms with E-state index in [9.17, 15) is 18.0 Å². The number of aromatic amines is 1. The van der Waals surface area contributed by atoms with Crippen LogP contribution >= 0.6 is 11.3 Å². The highest BCUT2D eigenvalue weighted by atomic mass is 32.2. The molecule has 0 aliphatic carbocycles. The van der Waals surface area contributed by atoms with Crippen molar-refractivity contribution >= 4 is 32.3 Å². The third-order valence-corrected chi connectivity index (χ3v) is 4.63. The van der Waals surface area contributed by atoms with Crippen molar-refractivity contribution in [1.82, 2.24) is 9.97 Å². The maximum Gasteiger partial charge on any atom is 0.337 e. The molecule has 3 rings (SSSR count). The maximum atomic E-state index is 12.2. The predicted octanol–water partition coefficient (Wildman–Crippen LogP) is 0.932. The fraction of sp³-hybridized carbons (Fsp3) is 0.154. The number of thiophene rings is 1. The quantitative estimate of drug-likeness (QED) is 0.711. The van der Waals surface area contributed by atoms with E-state index in [1.807, 2.05) is 16.8 Å². The third-order valence-electron chi connectivity index (χ3n) is 3.00. The van der Waals surface area contributed by atoms with Crippen molar-refractivity contribution in [2.45, 2.75) is 11.6 Å². The van der Waals surface area contributed by atoms with Crippen molar-refractivity contribution < 1.29 is 12.8 Å². The highest BCUT2D eigenvalue weighted by Gasteiger charge is 2.17. The van der Waals surface area contributed by atoms with Gasteiger partial charge in [0.1, 0.15) is 5.39 Å². The Balaban J connectivity index is 2.30. The molecule has 0 aliphatic rings. The lowest BCUT2D eigenvalue weighted by molar-refractivity contribution is 0.537. The Bertz CT molecular complexity index is 1060. The van der Waals surface area contributed by atoms with E-state index in [-0.39, 0.29) is 11.1 Å². The van der Waals surface area contributed by atoms with Crippen LogP contribution < -0.4 is 11.2 Å². The van der Waals surface area contributed by atoms with E-state index >= 15 is 0 Å². The molecule has 9 heteroatoms. The van der Waals surface area contributed by atoms with Crippen LogP contribution in [-0.4, -0.2) is 24.6 Å². The molecular formula is C13H10N2O5S2. The number of nitrogens with one attached hydrogen (secondary N) is 1. The van der Waals surface area contributed by atoms with Gasteiger partial charge in [-0.25, -0.2) is 13.2 Å². The molecule has 0 unspecified atom stereocenters. The average Bonchev–Trinajstić information content (AvgIpc) is 2.89. The monoisotopic (exact) mass is 338 g/mol. The smallest absolute Gasteiger partial charge is 0.337 e. The van der Waals surface area contributed by atoms with Crippen LogP contribution in [0.3, 0.4) is 0 Å². The zero-order valence-electron chi connectivity index (χ0n) is 11.3. The number of H-pyrrole nitrogens is 1. The van der Waals surface area contributed by atoms with Crippen LogP contribution in [0.2, 0.25) is 0 Å². The molecular weight excluding hydrogens is 328 g/mol. The van der Waals surface area contributed by atoms with E-state index in [1.54, 1.807) is 0 Å². The Morgan fingerprint density at radius 2 is 2.14 bits per heavy atom. The molecule has 0 saturated carbocycles. The van der Waals surface area contributed by atoms with E-state index in [0.29, 0.717) is 12.0 Å². The summed E-state index contributed by atoms with van der Waals surface area (Å²) in [5, 5.41) is 3.33. The van der Waals surface area contributed by atoms with Gasteiger partial charge in [0, 0.05) is 12.3 Å². The molecule has 0 aliphatic heterocycles. The largest absolute Gasteiger partial charge is 0.403 e. The van der Waals surface area contributed by atoms with Gasteiger partial charge in [-0.05, 0) is 34.4 Å². The first kappa shape index (κ1) is 14.7. The van der Waals surface area contributed by atoms with E-state index < -0.39 is 26.2 Å². The number of sulfone groups is 1. The van der Waals surface area contributed by atoms with Gasteiger partial charge in [-0.15, -0.1) is 0 Å². The summed E-state index contributed by atoms with van der Waals surface area (Å²) >= 11 is 1.50. The number of aromatic nitrogens is 2. The second-order valence-electron chi connectivity index (χ2n) is 4.72. The van der Waals surface area contributed by atoms with Crippen molar-refractivity contribution in [2.75, 3.05) is 6.26 Å². The molecule has 0 bridgehead atoms. The zero-order chi connectivity index (χ0) is 15.9. The molecule has 22 heavy (non-hydrogen) atoms. The predicted molar refractivity (Wildman–Crippen MR) is 81.1 cm³/mol. The molecule has 0 amide bonds. The van der Waals surface area contributed by atoms with Gasteiger partial charge >= 0.3 is 5.63 Å². The minimum atomic E-state index is -3.72. The molecule has 0 radical (unpaired) electrons. The van der Waals surface area contributed by atoms with E-state index in [0.717, 1.165) is 11.8 Å². The molecule has 0 spiro atoms. The summed E-state index contributed by atoms with van der Waals surface area (Å²) in [6.45, 7) is 0. The summed E-state index contributed by atoms with van der Waals surface area (Å²) in [6.07, 6.45) is 1.26. The van der Waals surface area contributed by atoms with Gasteiger partial charge in [0.2, 0.25) is 20.7 Å². The number of hydrogen-bond acceptors (Lipinski definition) is 7. The van der Waals surface area contributed by atoms with Gasteiger partial charge in [-0.1, -0.05) is 0 Å². The maximum absolute atomic E-state index is 12.2. The summed E-state index contributed by atoms with van der Waals surface area (Å²) in [5.41, 5.74) is -0.237. The molecule has 0 aromatic carbocycles. The van der Waals surface area contributed by atoms with Crippen molar-refractivity contribution in [3.8, 4) is 0 Å². The molecule has 7 nitrogen and oxygen atoms in total. The summed E-state index contributed by atoms with van der Waals surface area (Å²) in [7, 11) is -3.72. The lowest BCUT2D eigenvalue weighted by atomic mass is 10.1. The number of fused-ring (bicyclic) bond motifs is 1. The average molecular weight is 338 g/mol. The zero-order valence-corrected chi connectivity index (χ0v) is 13.0. The second kappa shape index (κ2) is 5.18. The summed E-state index contributed by atoms with van der Waals surface area (Å²) in [5.74, 6) is 0. The molecule has 0 fully saturated rings. The normalized spacial score (nSPS) is 11.9. The third kappa shape index (κ3) is 2.72. The fourth-order valence-electron chi connectivity index (χ4n) is 2.06. The van der Waals surface area contributed by atoms with Gasteiger partial charge in [0.05, 0.1) is 0 Å². The van der Waals surface area contributed by atoms with Crippen LogP contribution in [0, 0.1) is 0 Å². The molecule has 3 heterocycles. The van der Waals surface area contributed by atoms with Gasteiger partial charge in [-0.2, -0.15) is 16.3 Å². The van der Waals surface area contributed by atoms with Gasteiger partial charge < -0.3 is 4.42 Å². The van der Waals surface area contributed by atoms with Crippen LogP contribution in [0.15, 0.2) is 42.1 Å². The highest BCUT2D eigenvalue weighted by molar-refractivity contribution is 7.90. The van der Waals surface area contributed by atoms with Crippen LogP contribution in [0.25, 0.3) is 11.1 Å². The standard InChI is InChI=1S/C13H10N2O5S2/c1-22(18,19)13-14-11(17)10-8(4-7-2-3-21-6-7)5-9(16)20-12(10)15-13/h2-3,5-6H,4H2,1H3,(H,14,15,17). The van der Waals surface area contributed by atoms with Crippen LogP contribution in [0.4, 0.5) is 0 Å². The fourth-order valence-corrected chi connectivity index (χ4v) is 3.25. The van der Waals surface area contributed by atoms with Crippen LogP contribution in [0.5, 0.6) is 0 Å². The van der Waals surface area contributed by atoms with E-state index in [1.165, 1.54) is 17.4 Å². The second-order valence-corrected chi connectivity index (χ2v) is 7.43. The lowest BCUT2D eigenvalue weighted by Crippen LogP contribution is -2.18. The van der Waals surface area contributed by atoms with Crippen molar-refractivity contribution in [3.63, 3.8) is 0 Å². The Morgan fingerprint density at radius 3 is 2.77 bits per heavy atom. The van der Waals surface area contributed by atoms with Crippen LogP contribution in [-0.2, 0) is 16.3 Å². The Kier molecular flexibility index (Phi) is 3.45. The first-order chi connectivity index (χ1) is 10.3. The lowest BCUT2D eigenvalue weighted by Gasteiger charge is -2.04. The first-order valence-electron chi connectivity index (χ1n) is 6.13. The summed E-state index contributed by atoms with van der Waals surface area (Å²) in [4.78, 5) is 29.8. The van der Waals surface area contributed by atoms with Gasteiger partial charge in [-0.3, -0.25) is 9.78 Å². The summed E-state index contributed by atoms with van der Waals surface area (Å²) in [6, 6.07) is 3.09. The topological polar surface area (TPSA) is 110 Å². The Hall–Kier alpha value is -2.26. The van der Waals surface area contributed by atoms with Gasteiger partial charge in [0.15, 0.2) is 0 Å². The number of hydrogen-bond donors (Lipinski definition) is 1. The SMILES string of the molecule is CS(=O)(=O)c1nc2oc(=O)cc(Cc3ccsc3)c2c(=O)[nH]1. The molecule has 0 saturated heterocycles. The van der Waals surface area contributed by atoms with Crippen molar-refractivity contribution in [2.24, 2.45) is 0 Å². The van der Waals surface area contributed by atoms with Crippen LogP contribution in [0.1, 0.15) is 11.1 Å². The minimum absolute atomic E-state index is 0.0817. The Labute approximate surface area is 128 Å². The Morgan fingerprint density at radius 1 is 1.36 bits per heavy atom. The highest BCUT2D eigenvalue weighted by Crippen LogP contribution is 2.17. The molecule has 1 N–H and O–H groups in total. The molecule has 3 aromatic heterocycles. The first-order valence-corrected chi connectivity index (χ1v) is 8.96. The van der Waals surface area contributed by atoms with Crippen molar-refractivity contribution in [3.05, 3.63) is 54.8 Å². The van der Waals surface area contributed by atoms with E-state index in [4.69, 9.17) is 4.42 Å². The number of rotatable bonds is 3. The molecule has 3 aromatic rings. The van der Waals surface area contributed by atoms with Gasteiger partial charge in [0.25, 0.3) is 5.56 Å². The molecule has 0 atom stereocenters. The minimum Gasteiger partial charge on any atom is -0.403 e. The number of nitrogens with zero attached hydrogens (tertiary/aromatic N) is 1. The molecule has 114 valence electrons.